The van der Waals surface area contributed by atoms with Gasteiger partial charge in [0.05, 0.1) is 19.3 Å². The van der Waals surface area contributed by atoms with Gasteiger partial charge >= 0.3 is 12.1 Å². The average molecular weight is 429 g/mol. The molecule has 0 saturated carbocycles. The number of halogens is 4. The molecule has 0 radical (unpaired) electrons. The molecule has 1 aliphatic rings. The Morgan fingerprint density at radius 2 is 1.67 bits per heavy atom. The highest BCUT2D eigenvalue weighted by molar-refractivity contribution is 5.73. The minimum atomic E-state index is -5.08. The van der Waals surface area contributed by atoms with Crippen molar-refractivity contribution in [2.24, 2.45) is 0 Å². The second-order valence-electron chi connectivity index (χ2n) is 6.33. The number of carboxylic acids is 1. The fourth-order valence-corrected chi connectivity index (χ4v) is 3.09. The van der Waals surface area contributed by atoms with Crippen LogP contribution in [0.3, 0.4) is 0 Å². The molecule has 164 valence electrons. The van der Waals surface area contributed by atoms with Crippen LogP contribution in [0.2, 0.25) is 0 Å². The first-order valence-electron chi connectivity index (χ1n) is 9.39. The summed E-state index contributed by atoms with van der Waals surface area (Å²) in [5.74, 6) is -1.46. The number of nitrogens with one attached hydrogen (secondary N) is 1. The zero-order valence-corrected chi connectivity index (χ0v) is 16.6. The van der Waals surface area contributed by atoms with Crippen molar-refractivity contribution in [2.75, 3.05) is 19.8 Å². The van der Waals surface area contributed by atoms with Gasteiger partial charge < -0.3 is 19.9 Å². The molecule has 30 heavy (non-hydrogen) atoms. The summed E-state index contributed by atoms with van der Waals surface area (Å²) in [7, 11) is 0. The molecule has 0 fully saturated rings. The van der Waals surface area contributed by atoms with Crippen molar-refractivity contribution in [3.8, 4) is 11.5 Å². The fraction of sp³-hybridized carbons (Fsp3) is 0.381. The van der Waals surface area contributed by atoms with E-state index in [1.54, 1.807) is 6.07 Å². The van der Waals surface area contributed by atoms with Gasteiger partial charge in [0.2, 0.25) is 0 Å². The Kier molecular flexibility index (Phi) is 8.05. The van der Waals surface area contributed by atoms with Crippen molar-refractivity contribution in [1.82, 2.24) is 5.32 Å². The van der Waals surface area contributed by atoms with Crippen LogP contribution in [0.5, 0.6) is 11.5 Å². The van der Waals surface area contributed by atoms with Crippen molar-refractivity contribution in [3.05, 3.63) is 58.9 Å². The number of hydrogen-bond donors (Lipinski definition) is 2. The molecule has 9 heteroatoms. The van der Waals surface area contributed by atoms with E-state index >= 15 is 0 Å². The molecule has 1 aliphatic heterocycles. The lowest BCUT2D eigenvalue weighted by Gasteiger charge is -2.29. The van der Waals surface area contributed by atoms with Crippen LogP contribution in [-0.4, -0.2) is 37.0 Å². The van der Waals surface area contributed by atoms with E-state index in [2.05, 4.69) is 5.32 Å². The van der Waals surface area contributed by atoms with Crippen LogP contribution in [0.4, 0.5) is 17.6 Å². The van der Waals surface area contributed by atoms with Gasteiger partial charge in [0, 0.05) is 12.1 Å². The molecule has 1 atom stereocenters. The highest BCUT2D eigenvalue weighted by atomic mass is 19.4. The van der Waals surface area contributed by atoms with Gasteiger partial charge in [-0.05, 0) is 49.6 Å². The van der Waals surface area contributed by atoms with E-state index in [0.29, 0.717) is 18.8 Å². The van der Waals surface area contributed by atoms with Crippen LogP contribution in [0.15, 0.2) is 36.4 Å². The number of carboxylic acid groups (broad SMARTS) is 1. The second kappa shape index (κ2) is 10.3. The van der Waals surface area contributed by atoms with Gasteiger partial charge in [0.25, 0.3) is 0 Å². The first kappa shape index (κ1) is 23.5. The maximum absolute atomic E-state index is 14.2. The highest BCUT2D eigenvalue weighted by Crippen LogP contribution is 2.38. The largest absolute Gasteiger partial charge is 0.490 e. The maximum Gasteiger partial charge on any atom is 0.490 e. The predicted octanol–water partition coefficient (Wildman–Crippen LogP) is 4.49. The molecule has 1 heterocycles. The van der Waals surface area contributed by atoms with Crippen molar-refractivity contribution in [1.29, 1.82) is 0 Å². The first-order chi connectivity index (χ1) is 14.2. The van der Waals surface area contributed by atoms with Crippen molar-refractivity contribution in [2.45, 2.75) is 32.5 Å². The first-order valence-corrected chi connectivity index (χ1v) is 9.39. The highest BCUT2D eigenvalue weighted by Gasteiger charge is 2.38. The summed E-state index contributed by atoms with van der Waals surface area (Å²) < 4.78 is 57.4. The molecule has 0 amide bonds. The summed E-state index contributed by atoms with van der Waals surface area (Å²) >= 11 is 0. The topological polar surface area (TPSA) is 67.8 Å². The predicted molar refractivity (Wildman–Crippen MR) is 102 cm³/mol. The number of carbonyl (C=O) groups is 1. The number of rotatable bonds is 5. The number of benzene rings is 2. The number of fused-ring (bicyclic) bond motifs is 1. The molecule has 0 aromatic heterocycles. The van der Waals surface area contributed by atoms with Crippen LogP contribution in [0.25, 0.3) is 0 Å². The van der Waals surface area contributed by atoms with E-state index in [-0.39, 0.29) is 11.9 Å². The second-order valence-corrected chi connectivity index (χ2v) is 6.33. The minimum Gasteiger partial charge on any atom is -0.490 e. The third-order valence-corrected chi connectivity index (χ3v) is 4.32. The van der Waals surface area contributed by atoms with Gasteiger partial charge in [-0.3, -0.25) is 0 Å². The summed E-state index contributed by atoms with van der Waals surface area (Å²) in [6.07, 6.45) is -4.19. The lowest BCUT2D eigenvalue weighted by Crippen LogP contribution is -2.31. The van der Waals surface area contributed by atoms with Gasteiger partial charge in [0.15, 0.2) is 11.5 Å². The molecule has 0 saturated heterocycles. The molecular formula is C21H23F4NO4. The van der Waals surface area contributed by atoms with E-state index in [0.717, 1.165) is 30.0 Å². The standard InChI is InChI=1S/C19H22FNO2.C2HF3O2/c1-3-22-17-11-13-9-10-21-19(14-7-5-6-8-16(14)20)15(13)12-18(17)23-4-2;3-2(4,5)1(6)7/h5-8,11-12,19,21H,3-4,9-10H2,1-2H3;(H,6,7). The monoisotopic (exact) mass is 429 g/mol. The lowest BCUT2D eigenvalue weighted by atomic mass is 9.89. The van der Waals surface area contributed by atoms with E-state index in [1.165, 1.54) is 11.6 Å². The Morgan fingerprint density at radius 1 is 1.10 bits per heavy atom. The Balaban J connectivity index is 0.000000396. The minimum absolute atomic E-state index is 0.158. The summed E-state index contributed by atoms with van der Waals surface area (Å²) in [6.45, 7) is 5.87. The van der Waals surface area contributed by atoms with E-state index in [4.69, 9.17) is 19.4 Å². The quantitative estimate of drug-likeness (QED) is 0.686. The lowest BCUT2D eigenvalue weighted by molar-refractivity contribution is -0.192. The molecule has 1 unspecified atom stereocenters. The van der Waals surface area contributed by atoms with Crippen LogP contribution >= 0.6 is 0 Å². The Bertz CT molecular complexity index is 871. The molecule has 2 N–H and O–H groups in total. The Morgan fingerprint density at radius 3 is 2.20 bits per heavy atom. The van der Waals surface area contributed by atoms with E-state index < -0.39 is 12.1 Å². The van der Waals surface area contributed by atoms with Gasteiger partial charge in [-0.1, -0.05) is 18.2 Å². The fourth-order valence-electron chi connectivity index (χ4n) is 3.09. The molecule has 0 bridgehead atoms. The molecule has 2 aromatic carbocycles. The summed E-state index contributed by atoms with van der Waals surface area (Å²) in [5, 5.41) is 10.5. The summed E-state index contributed by atoms with van der Waals surface area (Å²) in [4.78, 5) is 8.90. The molecule has 5 nitrogen and oxygen atoms in total. The Labute approximate surface area is 171 Å². The number of hydrogen-bond acceptors (Lipinski definition) is 4. The summed E-state index contributed by atoms with van der Waals surface area (Å²) in [6, 6.07) is 10.8. The van der Waals surface area contributed by atoms with Gasteiger partial charge in [-0.2, -0.15) is 13.2 Å². The molecule has 0 aliphatic carbocycles. The van der Waals surface area contributed by atoms with Gasteiger partial charge in [-0.15, -0.1) is 0 Å². The SMILES string of the molecule is CCOc1cc2c(cc1OCC)C(c1ccccc1F)NCC2.O=C(O)C(F)(F)F. The van der Waals surface area contributed by atoms with Crippen LogP contribution in [0.1, 0.15) is 36.6 Å². The van der Waals surface area contributed by atoms with Crippen LogP contribution < -0.4 is 14.8 Å². The third-order valence-electron chi connectivity index (χ3n) is 4.32. The Hall–Kier alpha value is -2.81. The molecule has 2 aromatic rings. The van der Waals surface area contributed by atoms with Crippen LogP contribution in [0, 0.1) is 5.82 Å². The molecule has 3 rings (SSSR count). The van der Waals surface area contributed by atoms with Crippen molar-refractivity contribution in [3.63, 3.8) is 0 Å². The van der Waals surface area contributed by atoms with Crippen LogP contribution in [-0.2, 0) is 11.2 Å². The smallest absolute Gasteiger partial charge is 0.490 e. The average Bonchev–Trinajstić information content (AvgIpc) is 2.69. The van der Waals surface area contributed by atoms with Crippen molar-refractivity contribution >= 4 is 5.97 Å². The number of aliphatic carboxylic acids is 1. The number of alkyl halides is 3. The van der Waals surface area contributed by atoms with E-state index in [1.807, 2.05) is 38.1 Å². The zero-order valence-electron chi connectivity index (χ0n) is 16.6. The van der Waals surface area contributed by atoms with E-state index in [9.17, 15) is 17.6 Å². The molecule has 0 spiro atoms. The zero-order chi connectivity index (χ0) is 22.3. The molecular weight excluding hydrogens is 406 g/mol. The number of ether oxygens (including phenoxy) is 2. The normalized spacial score (nSPS) is 15.5. The van der Waals surface area contributed by atoms with Gasteiger partial charge in [0.1, 0.15) is 5.82 Å². The van der Waals surface area contributed by atoms with Gasteiger partial charge in [-0.25, -0.2) is 9.18 Å². The maximum atomic E-state index is 14.2. The third kappa shape index (κ3) is 5.85. The summed E-state index contributed by atoms with van der Waals surface area (Å²) in [5.41, 5.74) is 2.91. The van der Waals surface area contributed by atoms with Crippen molar-refractivity contribution < 1.29 is 36.9 Å².